The Morgan fingerprint density at radius 1 is 1.11 bits per heavy atom. The predicted molar refractivity (Wildman–Crippen MR) is 115 cm³/mol. The Hall–Kier alpha value is -0.820. The van der Waals surface area contributed by atoms with Crippen LogP contribution in [0.5, 0.6) is 0 Å². The molecule has 1 aromatic carbocycles. The summed E-state index contributed by atoms with van der Waals surface area (Å²) in [6.45, 7) is 5.09. The standard InChI is InChI=1S/C20H28BrN3O2.ClH/c1-2-26-17-6-4-15(5-7-17)23-11-9-16(10-12-23)24-19-13-14(21)3-8-18(19)22-20(24)25;/h3,8,13,15-17H,2,4-7,9-12H2,1H3,(H,22,25);1H. The predicted octanol–water partition coefficient (Wildman–Crippen LogP) is 4.50. The highest BCUT2D eigenvalue weighted by atomic mass is 79.9. The van der Waals surface area contributed by atoms with Gasteiger partial charge in [0.1, 0.15) is 0 Å². The monoisotopic (exact) mass is 457 g/mol. The topological polar surface area (TPSA) is 50.3 Å². The molecule has 7 heteroatoms. The maximum Gasteiger partial charge on any atom is 0.326 e. The van der Waals surface area contributed by atoms with Crippen molar-refractivity contribution in [1.29, 1.82) is 0 Å². The number of rotatable bonds is 4. The van der Waals surface area contributed by atoms with Gasteiger partial charge < -0.3 is 14.6 Å². The molecule has 2 aromatic rings. The fraction of sp³-hybridized carbons (Fsp3) is 0.650. The molecular weight excluding hydrogens is 430 g/mol. The van der Waals surface area contributed by atoms with E-state index in [0.717, 1.165) is 48.0 Å². The molecule has 0 atom stereocenters. The average Bonchev–Trinajstić information content (AvgIpc) is 2.98. The summed E-state index contributed by atoms with van der Waals surface area (Å²) in [4.78, 5) is 18.1. The number of benzene rings is 1. The summed E-state index contributed by atoms with van der Waals surface area (Å²) in [5.41, 5.74) is 1.96. The smallest absolute Gasteiger partial charge is 0.326 e. The Kier molecular flexibility index (Phi) is 7.06. The zero-order chi connectivity index (χ0) is 18.1. The van der Waals surface area contributed by atoms with Gasteiger partial charge in [0, 0.05) is 36.3 Å². The van der Waals surface area contributed by atoms with Crippen molar-refractivity contribution in [3.05, 3.63) is 33.2 Å². The number of aromatic nitrogens is 2. The molecule has 1 aliphatic heterocycles. The van der Waals surface area contributed by atoms with E-state index in [4.69, 9.17) is 4.74 Å². The van der Waals surface area contributed by atoms with Gasteiger partial charge in [-0.15, -0.1) is 12.4 Å². The van der Waals surface area contributed by atoms with Crippen LogP contribution in [0, 0.1) is 0 Å². The third kappa shape index (κ3) is 4.44. The van der Waals surface area contributed by atoms with E-state index in [1.54, 1.807) is 0 Å². The summed E-state index contributed by atoms with van der Waals surface area (Å²) in [7, 11) is 0. The minimum absolute atomic E-state index is 0. The maximum atomic E-state index is 12.5. The first-order valence-electron chi connectivity index (χ1n) is 9.91. The van der Waals surface area contributed by atoms with E-state index in [-0.39, 0.29) is 18.1 Å². The minimum Gasteiger partial charge on any atom is -0.379 e. The number of H-pyrrole nitrogens is 1. The summed E-state index contributed by atoms with van der Waals surface area (Å²) < 4.78 is 8.77. The van der Waals surface area contributed by atoms with Gasteiger partial charge in [-0.05, 0) is 63.6 Å². The van der Waals surface area contributed by atoms with Crippen LogP contribution in [0.25, 0.3) is 11.0 Å². The molecule has 1 saturated heterocycles. The highest BCUT2D eigenvalue weighted by Crippen LogP contribution is 2.31. The lowest BCUT2D eigenvalue weighted by Gasteiger charge is -2.40. The van der Waals surface area contributed by atoms with Crippen molar-refractivity contribution in [2.45, 2.75) is 63.6 Å². The van der Waals surface area contributed by atoms with E-state index >= 15 is 0 Å². The summed E-state index contributed by atoms with van der Waals surface area (Å²) in [6.07, 6.45) is 7.43. The summed E-state index contributed by atoms with van der Waals surface area (Å²) in [5.74, 6) is 0. The molecule has 1 aromatic heterocycles. The zero-order valence-electron chi connectivity index (χ0n) is 15.8. The van der Waals surface area contributed by atoms with Crippen LogP contribution in [-0.4, -0.2) is 46.3 Å². The number of hydrogen-bond donors (Lipinski definition) is 1. The van der Waals surface area contributed by atoms with Gasteiger partial charge in [0.05, 0.1) is 17.1 Å². The van der Waals surface area contributed by atoms with Crippen LogP contribution in [0.4, 0.5) is 0 Å². The summed E-state index contributed by atoms with van der Waals surface area (Å²) in [5, 5.41) is 0. The van der Waals surface area contributed by atoms with Gasteiger partial charge >= 0.3 is 5.69 Å². The largest absolute Gasteiger partial charge is 0.379 e. The lowest BCUT2D eigenvalue weighted by molar-refractivity contribution is 0.00796. The van der Waals surface area contributed by atoms with E-state index in [1.807, 2.05) is 16.7 Å². The van der Waals surface area contributed by atoms with Crippen molar-refractivity contribution >= 4 is 39.4 Å². The minimum atomic E-state index is 0. The summed E-state index contributed by atoms with van der Waals surface area (Å²) in [6, 6.07) is 6.99. The average molecular weight is 459 g/mol. The van der Waals surface area contributed by atoms with Crippen LogP contribution in [0.15, 0.2) is 27.5 Å². The number of likely N-dealkylation sites (tertiary alicyclic amines) is 1. The highest BCUT2D eigenvalue weighted by molar-refractivity contribution is 9.10. The number of halogens is 2. The molecule has 0 bridgehead atoms. The fourth-order valence-corrected chi connectivity index (χ4v) is 5.13. The van der Waals surface area contributed by atoms with Crippen molar-refractivity contribution in [2.75, 3.05) is 19.7 Å². The van der Waals surface area contributed by atoms with Crippen molar-refractivity contribution in [3.63, 3.8) is 0 Å². The molecule has 0 radical (unpaired) electrons. The van der Waals surface area contributed by atoms with Crippen molar-refractivity contribution in [2.24, 2.45) is 0 Å². The molecule has 2 heterocycles. The van der Waals surface area contributed by atoms with Crippen LogP contribution < -0.4 is 5.69 Å². The molecule has 0 spiro atoms. The molecular formula is C20H29BrClN3O2. The lowest BCUT2D eigenvalue weighted by Crippen LogP contribution is -2.45. The quantitative estimate of drug-likeness (QED) is 0.734. The molecule has 1 aliphatic carbocycles. The highest BCUT2D eigenvalue weighted by Gasteiger charge is 2.30. The number of hydrogen-bond acceptors (Lipinski definition) is 3. The van der Waals surface area contributed by atoms with Crippen LogP contribution in [-0.2, 0) is 4.74 Å². The maximum absolute atomic E-state index is 12.5. The Labute approximate surface area is 175 Å². The number of piperidine rings is 1. The molecule has 150 valence electrons. The molecule has 2 aliphatic rings. The second kappa shape index (κ2) is 9.12. The molecule has 1 N–H and O–H groups in total. The molecule has 27 heavy (non-hydrogen) atoms. The molecule has 5 nitrogen and oxygen atoms in total. The van der Waals surface area contributed by atoms with Gasteiger partial charge in [0.2, 0.25) is 0 Å². The number of ether oxygens (including phenoxy) is 1. The van der Waals surface area contributed by atoms with Crippen molar-refractivity contribution in [1.82, 2.24) is 14.5 Å². The van der Waals surface area contributed by atoms with Gasteiger partial charge in [-0.3, -0.25) is 4.57 Å². The third-order valence-electron chi connectivity index (χ3n) is 6.11. The van der Waals surface area contributed by atoms with E-state index in [9.17, 15) is 4.79 Å². The molecule has 4 rings (SSSR count). The first kappa shape index (κ1) is 20.9. The number of aromatic amines is 1. The van der Waals surface area contributed by atoms with Gasteiger partial charge in [-0.25, -0.2) is 4.79 Å². The van der Waals surface area contributed by atoms with Crippen LogP contribution in [0.2, 0.25) is 0 Å². The first-order chi connectivity index (χ1) is 12.7. The fourth-order valence-electron chi connectivity index (χ4n) is 4.78. The normalized spacial score (nSPS) is 24.8. The van der Waals surface area contributed by atoms with E-state index in [2.05, 4.69) is 38.8 Å². The Balaban J connectivity index is 0.00000210. The first-order valence-corrected chi connectivity index (χ1v) is 10.7. The third-order valence-corrected chi connectivity index (χ3v) is 6.60. The molecule has 2 fully saturated rings. The van der Waals surface area contributed by atoms with Crippen LogP contribution in [0.1, 0.15) is 51.5 Å². The number of fused-ring (bicyclic) bond motifs is 1. The Bertz CT molecular complexity index is 805. The SMILES string of the molecule is CCOC1CCC(N2CCC(n3c(=O)[nH]c4ccc(Br)cc43)CC2)CC1.Cl. The number of nitrogens with zero attached hydrogens (tertiary/aromatic N) is 2. The zero-order valence-corrected chi connectivity index (χ0v) is 18.2. The molecule has 1 saturated carbocycles. The second-order valence-corrected chi connectivity index (χ2v) is 8.53. The second-order valence-electron chi connectivity index (χ2n) is 7.61. The van der Waals surface area contributed by atoms with Crippen molar-refractivity contribution < 1.29 is 4.74 Å². The van der Waals surface area contributed by atoms with Gasteiger partial charge in [0.15, 0.2) is 0 Å². The van der Waals surface area contributed by atoms with E-state index in [1.165, 1.54) is 25.7 Å². The van der Waals surface area contributed by atoms with Gasteiger partial charge in [0.25, 0.3) is 0 Å². The number of imidazole rings is 1. The van der Waals surface area contributed by atoms with Crippen LogP contribution >= 0.6 is 28.3 Å². The number of nitrogens with one attached hydrogen (secondary N) is 1. The molecule has 0 unspecified atom stereocenters. The van der Waals surface area contributed by atoms with E-state index in [0.29, 0.717) is 18.2 Å². The van der Waals surface area contributed by atoms with Crippen LogP contribution in [0.3, 0.4) is 0 Å². The molecule has 0 amide bonds. The lowest BCUT2D eigenvalue weighted by atomic mass is 9.90. The Morgan fingerprint density at radius 2 is 1.81 bits per heavy atom. The van der Waals surface area contributed by atoms with Crippen molar-refractivity contribution in [3.8, 4) is 0 Å². The summed E-state index contributed by atoms with van der Waals surface area (Å²) >= 11 is 3.53. The van der Waals surface area contributed by atoms with E-state index < -0.39 is 0 Å². The van der Waals surface area contributed by atoms with Gasteiger partial charge in [-0.1, -0.05) is 15.9 Å². The Morgan fingerprint density at radius 3 is 2.48 bits per heavy atom. The van der Waals surface area contributed by atoms with Gasteiger partial charge in [-0.2, -0.15) is 0 Å².